The van der Waals surface area contributed by atoms with Crippen LogP contribution >= 0.6 is 11.6 Å². The molecule has 2 aromatic heterocycles. The smallest absolute Gasteiger partial charge is 0.223 e. The second kappa shape index (κ2) is 4.09. The van der Waals surface area contributed by atoms with Crippen LogP contribution in [0.5, 0.6) is 0 Å². The van der Waals surface area contributed by atoms with E-state index in [9.17, 15) is 0 Å². The van der Waals surface area contributed by atoms with Gasteiger partial charge in [-0.3, -0.25) is 0 Å². The van der Waals surface area contributed by atoms with Gasteiger partial charge in [0.1, 0.15) is 5.52 Å². The molecule has 2 aromatic rings. The van der Waals surface area contributed by atoms with Gasteiger partial charge < -0.3 is 10.3 Å². The van der Waals surface area contributed by atoms with Crippen LogP contribution in [0.15, 0.2) is 18.0 Å². The predicted octanol–water partition coefficient (Wildman–Crippen LogP) is 2.03. The molecule has 2 rings (SSSR count). The molecule has 0 saturated carbocycles. The molecule has 0 saturated heterocycles. The van der Waals surface area contributed by atoms with Crippen LogP contribution in [0.25, 0.3) is 11.2 Å². The average Bonchev–Trinajstić information content (AvgIpc) is 2.58. The molecule has 5 nitrogen and oxygen atoms in total. The van der Waals surface area contributed by atoms with Gasteiger partial charge in [0.05, 0.1) is 6.33 Å². The van der Waals surface area contributed by atoms with Gasteiger partial charge in [-0.2, -0.15) is 9.97 Å². The molecule has 6 heteroatoms. The number of aromatic nitrogens is 4. The van der Waals surface area contributed by atoms with Crippen LogP contribution in [0, 0.1) is 0 Å². The van der Waals surface area contributed by atoms with E-state index in [-0.39, 0.29) is 5.95 Å². The second-order valence-corrected chi connectivity index (χ2v) is 4.08. The number of anilines is 1. The minimum Gasteiger partial charge on any atom is -0.368 e. The summed E-state index contributed by atoms with van der Waals surface area (Å²) in [4.78, 5) is 12.1. The average molecular weight is 238 g/mol. The number of imidazole rings is 1. The summed E-state index contributed by atoms with van der Waals surface area (Å²) in [6.07, 6.45) is 3.76. The summed E-state index contributed by atoms with van der Waals surface area (Å²) in [5.74, 6) is 0.163. The normalized spacial score (nSPS) is 10.7. The largest absolute Gasteiger partial charge is 0.368 e. The lowest BCUT2D eigenvalue weighted by Gasteiger charge is -2.00. The number of fused-ring (bicyclic) bond motifs is 1. The number of allylic oxidation sites excluding steroid dienone is 2. The first kappa shape index (κ1) is 10.9. The maximum absolute atomic E-state index is 5.92. The molecule has 2 heterocycles. The van der Waals surface area contributed by atoms with Crippen molar-refractivity contribution in [1.82, 2.24) is 19.5 Å². The van der Waals surface area contributed by atoms with Gasteiger partial charge >= 0.3 is 0 Å². The minimum atomic E-state index is 0.163. The van der Waals surface area contributed by atoms with Crippen LogP contribution in [-0.2, 0) is 6.54 Å². The summed E-state index contributed by atoms with van der Waals surface area (Å²) in [6.45, 7) is 4.77. The van der Waals surface area contributed by atoms with Crippen molar-refractivity contribution in [2.45, 2.75) is 20.4 Å². The molecule has 0 unspecified atom stereocenters. The van der Waals surface area contributed by atoms with Crippen molar-refractivity contribution in [2.24, 2.45) is 0 Å². The van der Waals surface area contributed by atoms with E-state index in [4.69, 9.17) is 17.3 Å². The molecule has 0 aliphatic rings. The van der Waals surface area contributed by atoms with Crippen LogP contribution < -0.4 is 5.73 Å². The summed E-state index contributed by atoms with van der Waals surface area (Å²) in [5, 5.41) is 0.290. The van der Waals surface area contributed by atoms with E-state index >= 15 is 0 Å². The van der Waals surface area contributed by atoms with E-state index in [2.05, 4.69) is 21.0 Å². The van der Waals surface area contributed by atoms with Crippen molar-refractivity contribution >= 4 is 28.7 Å². The van der Waals surface area contributed by atoms with Gasteiger partial charge in [-0.15, -0.1) is 0 Å². The molecule has 0 amide bonds. The molecule has 0 radical (unpaired) electrons. The topological polar surface area (TPSA) is 69.6 Å². The van der Waals surface area contributed by atoms with E-state index in [1.165, 1.54) is 5.57 Å². The number of nitrogens with two attached hydrogens (primary N) is 1. The second-order valence-electron chi connectivity index (χ2n) is 3.72. The van der Waals surface area contributed by atoms with Crippen LogP contribution in [0.4, 0.5) is 5.95 Å². The molecule has 0 aromatic carbocycles. The highest BCUT2D eigenvalue weighted by atomic mass is 35.5. The molecule has 0 aliphatic carbocycles. The fourth-order valence-corrected chi connectivity index (χ4v) is 1.56. The van der Waals surface area contributed by atoms with Crippen LogP contribution in [0.1, 0.15) is 13.8 Å². The van der Waals surface area contributed by atoms with Crippen LogP contribution in [0.2, 0.25) is 5.15 Å². The zero-order valence-corrected chi connectivity index (χ0v) is 9.86. The zero-order valence-electron chi connectivity index (χ0n) is 9.11. The standard InChI is InChI=1S/C10H12ClN5/c1-6(2)3-4-16-5-13-7-8(11)14-10(12)15-9(7)16/h3,5H,4H2,1-2H3,(H2,12,14,15). The van der Waals surface area contributed by atoms with Crippen LogP contribution in [-0.4, -0.2) is 19.5 Å². The fourth-order valence-electron chi connectivity index (χ4n) is 1.34. The van der Waals surface area contributed by atoms with Gasteiger partial charge in [-0.1, -0.05) is 23.3 Å². The molecule has 0 fully saturated rings. The number of nitrogens with zero attached hydrogens (tertiary/aromatic N) is 4. The van der Waals surface area contributed by atoms with E-state index in [1.54, 1.807) is 6.33 Å². The first-order valence-corrected chi connectivity index (χ1v) is 5.23. The molecular formula is C10H12ClN5. The molecule has 0 bridgehead atoms. The first-order valence-electron chi connectivity index (χ1n) is 4.85. The summed E-state index contributed by atoms with van der Waals surface area (Å²) < 4.78 is 1.88. The highest BCUT2D eigenvalue weighted by Gasteiger charge is 2.09. The Bertz CT molecular complexity index is 554. The van der Waals surface area contributed by atoms with Crippen molar-refractivity contribution in [3.63, 3.8) is 0 Å². The van der Waals surface area contributed by atoms with E-state index in [0.29, 0.717) is 22.9 Å². The van der Waals surface area contributed by atoms with Crippen molar-refractivity contribution in [1.29, 1.82) is 0 Å². The maximum Gasteiger partial charge on any atom is 0.223 e. The summed E-state index contributed by atoms with van der Waals surface area (Å²) >= 11 is 5.92. The van der Waals surface area contributed by atoms with Gasteiger partial charge in [-0.25, -0.2) is 4.98 Å². The molecular weight excluding hydrogens is 226 g/mol. The number of nitrogen functional groups attached to an aromatic ring is 1. The Morgan fingerprint density at radius 3 is 2.94 bits per heavy atom. The molecule has 0 spiro atoms. The van der Waals surface area contributed by atoms with Gasteiger partial charge in [0, 0.05) is 6.54 Å². The van der Waals surface area contributed by atoms with Gasteiger partial charge in [0.25, 0.3) is 0 Å². The Hall–Kier alpha value is -1.62. The van der Waals surface area contributed by atoms with Gasteiger partial charge in [-0.05, 0) is 13.8 Å². The third-order valence-corrected chi connectivity index (χ3v) is 2.40. The molecule has 16 heavy (non-hydrogen) atoms. The Morgan fingerprint density at radius 1 is 1.50 bits per heavy atom. The van der Waals surface area contributed by atoms with E-state index < -0.39 is 0 Å². The zero-order chi connectivity index (χ0) is 11.7. The summed E-state index contributed by atoms with van der Waals surface area (Å²) in [6, 6.07) is 0. The number of halogens is 1. The Balaban J connectivity index is 2.51. The maximum atomic E-state index is 5.92. The quantitative estimate of drug-likeness (QED) is 0.641. The van der Waals surface area contributed by atoms with Gasteiger partial charge in [0.2, 0.25) is 5.95 Å². The van der Waals surface area contributed by atoms with E-state index in [1.807, 2.05) is 18.4 Å². The number of rotatable bonds is 2. The lowest BCUT2D eigenvalue weighted by atomic mass is 10.3. The summed E-state index contributed by atoms with van der Waals surface area (Å²) in [7, 11) is 0. The van der Waals surface area contributed by atoms with Gasteiger partial charge in [0.15, 0.2) is 10.8 Å². The molecule has 0 aliphatic heterocycles. The Labute approximate surface area is 98.0 Å². The van der Waals surface area contributed by atoms with Crippen LogP contribution in [0.3, 0.4) is 0 Å². The molecule has 0 atom stereocenters. The van der Waals surface area contributed by atoms with Crippen molar-refractivity contribution in [3.8, 4) is 0 Å². The first-order chi connectivity index (χ1) is 7.58. The number of hydrogen-bond acceptors (Lipinski definition) is 4. The monoisotopic (exact) mass is 237 g/mol. The Morgan fingerprint density at radius 2 is 2.25 bits per heavy atom. The van der Waals surface area contributed by atoms with Crippen molar-refractivity contribution in [3.05, 3.63) is 23.1 Å². The van der Waals surface area contributed by atoms with Crippen molar-refractivity contribution in [2.75, 3.05) is 5.73 Å². The Kier molecular flexibility index (Phi) is 2.78. The minimum absolute atomic E-state index is 0.163. The lowest BCUT2D eigenvalue weighted by molar-refractivity contribution is 0.831. The third kappa shape index (κ3) is 1.99. The lowest BCUT2D eigenvalue weighted by Crippen LogP contribution is -2.00. The van der Waals surface area contributed by atoms with Crippen molar-refractivity contribution < 1.29 is 0 Å². The van der Waals surface area contributed by atoms with E-state index in [0.717, 1.165) is 0 Å². The predicted molar refractivity (Wildman–Crippen MR) is 64.2 cm³/mol. The number of hydrogen-bond donors (Lipinski definition) is 1. The fraction of sp³-hybridized carbons (Fsp3) is 0.300. The SMILES string of the molecule is CC(C)=CCn1cnc2c(Cl)nc(N)nc21. The third-order valence-electron chi connectivity index (χ3n) is 2.13. The molecule has 2 N–H and O–H groups in total. The summed E-state index contributed by atoms with van der Waals surface area (Å²) in [5.41, 5.74) is 8.02. The highest BCUT2D eigenvalue weighted by Crippen LogP contribution is 2.19. The highest BCUT2D eigenvalue weighted by molar-refractivity contribution is 6.33. The molecule has 84 valence electrons.